The second kappa shape index (κ2) is 8.59. The van der Waals surface area contributed by atoms with Gasteiger partial charge in [0.25, 0.3) is 5.91 Å². The van der Waals surface area contributed by atoms with Gasteiger partial charge in [-0.15, -0.1) is 0 Å². The Labute approximate surface area is 164 Å². The number of methoxy groups -OCH3 is 1. The van der Waals surface area contributed by atoms with Gasteiger partial charge in [0.15, 0.2) is 5.17 Å². The highest BCUT2D eigenvalue weighted by Gasteiger charge is 2.30. The van der Waals surface area contributed by atoms with E-state index in [1.165, 1.54) is 23.0 Å². The van der Waals surface area contributed by atoms with Crippen molar-refractivity contribution in [3.05, 3.63) is 63.8 Å². The van der Waals surface area contributed by atoms with Crippen molar-refractivity contribution >= 4 is 28.9 Å². The number of hydrogen-bond acceptors (Lipinski definition) is 4. The fraction of sp³-hybridized carbons (Fsp3) is 0.333. The third kappa shape index (κ3) is 4.34. The topological polar surface area (TPSA) is 46.8 Å². The van der Waals surface area contributed by atoms with Crippen molar-refractivity contribution in [1.29, 1.82) is 0 Å². The quantitative estimate of drug-likeness (QED) is 0.564. The van der Waals surface area contributed by atoms with Crippen LogP contribution in [-0.4, -0.2) is 47.9 Å². The molecule has 0 atom stereocenters. The summed E-state index contributed by atoms with van der Waals surface area (Å²) in [7, 11) is 3.41. The first-order valence-corrected chi connectivity index (χ1v) is 9.74. The van der Waals surface area contributed by atoms with Gasteiger partial charge >= 0.3 is 0 Å². The fourth-order valence-corrected chi connectivity index (χ4v) is 4.03. The van der Waals surface area contributed by atoms with Crippen LogP contribution in [0.4, 0.5) is 0 Å². The highest BCUT2D eigenvalue weighted by atomic mass is 32.2. The van der Waals surface area contributed by atoms with Crippen LogP contribution in [0.3, 0.4) is 0 Å². The summed E-state index contributed by atoms with van der Waals surface area (Å²) in [5, 5.41) is 0.724. The molecule has 1 aliphatic heterocycles. The van der Waals surface area contributed by atoms with Crippen LogP contribution in [0.2, 0.25) is 0 Å². The molecule has 2 heterocycles. The molecular formula is C21H25N3O2S. The van der Waals surface area contributed by atoms with Crippen LogP contribution in [0, 0.1) is 13.8 Å². The zero-order valence-electron chi connectivity index (χ0n) is 16.2. The summed E-state index contributed by atoms with van der Waals surface area (Å²) in [5.74, 6) is -0.0102. The van der Waals surface area contributed by atoms with Gasteiger partial charge in [-0.1, -0.05) is 30.3 Å². The Morgan fingerprint density at radius 1 is 1.22 bits per heavy atom. The summed E-state index contributed by atoms with van der Waals surface area (Å²) in [4.78, 5) is 19.3. The molecule has 0 N–H and O–H groups in total. The minimum absolute atomic E-state index is 0.0102. The van der Waals surface area contributed by atoms with Crippen molar-refractivity contribution in [3.63, 3.8) is 0 Å². The zero-order chi connectivity index (χ0) is 19.4. The molecule has 1 saturated heterocycles. The molecule has 0 saturated carbocycles. The SMILES string of the molecule is COCCN=C1S/C(=C\c2cc(C)n(Cc3ccccc3)c2C)C(=O)N1C. The van der Waals surface area contributed by atoms with Gasteiger partial charge in [-0.05, 0) is 48.9 Å². The molecule has 142 valence electrons. The number of likely N-dealkylation sites (N-methyl/N-ethyl adjacent to an activating group) is 1. The van der Waals surface area contributed by atoms with E-state index in [0.717, 1.165) is 23.0 Å². The van der Waals surface area contributed by atoms with E-state index in [1.807, 2.05) is 12.1 Å². The number of amides is 1. The lowest BCUT2D eigenvalue weighted by Gasteiger charge is -2.09. The molecular weight excluding hydrogens is 358 g/mol. The first-order chi connectivity index (χ1) is 13.0. The van der Waals surface area contributed by atoms with Gasteiger partial charge in [-0.3, -0.25) is 14.7 Å². The Bertz CT molecular complexity index is 884. The monoisotopic (exact) mass is 383 g/mol. The molecule has 1 fully saturated rings. The van der Waals surface area contributed by atoms with Gasteiger partial charge in [0.05, 0.1) is 18.1 Å². The van der Waals surface area contributed by atoms with Crippen molar-refractivity contribution in [3.8, 4) is 0 Å². The molecule has 1 amide bonds. The predicted octanol–water partition coefficient (Wildman–Crippen LogP) is 3.70. The van der Waals surface area contributed by atoms with E-state index < -0.39 is 0 Å². The maximum atomic E-state index is 12.6. The number of thioether (sulfide) groups is 1. The lowest BCUT2D eigenvalue weighted by atomic mass is 10.2. The molecule has 0 radical (unpaired) electrons. The third-order valence-electron chi connectivity index (χ3n) is 4.63. The maximum absolute atomic E-state index is 12.6. The molecule has 6 heteroatoms. The van der Waals surface area contributed by atoms with E-state index in [-0.39, 0.29) is 5.91 Å². The number of aliphatic imine (C=N–C) groups is 1. The summed E-state index contributed by atoms with van der Waals surface area (Å²) >= 11 is 1.42. The molecule has 1 aromatic carbocycles. The van der Waals surface area contributed by atoms with E-state index in [9.17, 15) is 4.79 Å². The van der Waals surface area contributed by atoms with Gasteiger partial charge in [-0.25, -0.2) is 0 Å². The largest absolute Gasteiger partial charge is 0.383 e. The van der Waals surface area contributed by atoms with Crippen LogP contribution in [-0.2, 0) is 16.1 Å². The minimum atomic E-state index is -0.0102. The first kappa shape index (κ1) is 19.5. The Morgan fingerprint density at radius 2 is 1.96 bits per heavy atom. The maximum Gasteiger partial charge on any atom is 0.266 e. The molecule has 3 rings (SSSR count). The number of carbonyl (C=O) groups is 1. The van der Waals surface area contributed by atoms with Crippen LogP contribution >= 0.6 is 11.8 Å². The second-order valence-corrected chi connectivity index (χ2v) is 7.54. The lowest BCUT2D eigenvalue weighted by Crippen LogP contribution is -2.24. The molecule has 5 nitrogen and oxygen atoms in total. The average molecular weight is 384 g/mol. The summed E-state index contributed by atoms with van der Waals surface area (Å²) in [6.45, 7) is 6.13. The molecule has 0 aliphatic carbocycles. The van der Waals surface area contributed by atoms with Crippen LogP contribution in [0.25, 0.3) is 6.08 Å². The number of carbonyl (C=O) groups excluding carboxylic acids is 1. The Hall–Kier alpha value is -2.31. The van der Waals surface area contributed by atoms with E-state index in [2.05, 4.69) is 53.7 Å². The van der Waals surface area contributed by atoms with Gasteiger partial charge in [0.2, 0.25) is 0 Å². The van der Waals surface area contributed by atoms with Crippen LogP contribution in [0.5, 0.6) is 0 Å². The third-order valence-corrected chi connectivity index (χ3v) is 5.73. The number of nitrogens with zero attached hydrogens (tertiary/aromatic N) is 3. The molecule has 0 spiro atoms. The molecule has 2 aromatic rings. The Kier molecular flexibility index (Phi) is 6.19. The van der Waals surface area contributed by atoms with Gasteiger partial charge in [0, 0.05) is 32.1 Å². The van der Waals surface area contributed by atoms with Crippen molar-refractivity contribution < 1.29 is 9.53 Å². The number of aryl methyl sites for hydroxylation is 1. The average Bonchev–Trinajstić information content (AvgIpc) is 3.08. The number of aromatic nitrogens is 1. The minimum Gasteiger partial charge on any atom is -0.383 e. The van der Waals surface area contributed by atoms with Crippen LogP contribution < -0.4 is 0 Å². The number of hydrogen-bond donors (Lipinski definition) is 0. The van der Waals surface area contributed by atoms with E-state index >= 15 is 0 Å². The summed E-state index contributed by atoms with van der Waals surface area (Å²) in [5.41, 5.74) is 4.67. The summed E-state index contributed by atoms with van der Waals surface area (Å²) in [6.07, 6.45) is 1.98. The van der Waals surface area contributed by atoms with Crippen molar-refractivity contribution in [2.75, 3.05) is 27.3 Å². The normalized spacial score (nSPS) is 17.5. The standard InChI is InChI=1S/C21H25N3O2S/c1-15-12-18(16(2)24(15)14-17-8-6-5-7-9-17)13-19-20(25)23(3)21(27-19)22-10-11-26-4/h5-9,12-13H,10-11,14H2,1-4H3/b19-13-,22-21?. The molecule has 27 heavy (non-hydrogen) atoms. The van der Waals surface area contributed by atoms with Gasteiger partial charge in [-0.2, -0.15) is 0 Å². The van der Waals surface area contributed by atoms with E-state index in [1.54, 1.807) is 19.1 Å². The van der Waals surface area contributed by atoms with Gasteiger partial charge < -0.3 is 9.30 Å². The number of amidine groups is 1. The second-order valence-electron chi connectivity index (χ2n) is 6.53. The lowest BCUT2D eigenvalue weighted by molar-refractivity contribution is -0.121. The Balaban J connectivity index is 1.84. The number of benzene rings is 1. The predicted molar refractivity (Wildman–Crippen MR) is 112 cm³/mol. The van der Waals surface area contributed by atoms with E-state index in [4.69, 9.17) is 4.74 Å². The summed E-state index contributed by atoms with van der Waals surface area (Å²) in [6, 6.07) is 12.5. The molecule has 1 aromatic heterocycles. The van der Waals surface area contributed by atoms with Crippen molar-refractivity contribution in [1.82, 2.24) is 9.47 Å². The number of ether oxygens (including phenoxy) is 1. The Morgan fingerprint density at radius 3 is 2.67 bits per heavy atom. The van der Waals surface area contributed by atoms with Crippen molar-refractivity contribution in [2.24, 2.45) is 4.99 Å². The van der Waals surface area contributed by atoms with Crippen molar-refractivity contribution in [2.45, 2.75) is 20.4 Å². The zero-order valence-corrected chi connectivity index (χ0v) is 17.0. The highest BCUT2D eigenvalue weighted by molar-refractivity contribution is 8.18. The number of rotatable bonds is 6. The summed E-state index contributed by atoms with van der Waals surface area (Å²) < 4.78 is 7.31. The van der Waals surface area contributed by atoms with Crippen LogP contribution in [0.1, 0.15) is 22.5 Å². The van der Waals surface area contributed by atoms with E-state index in [0.29, 0.717) is 18.1 Å². The fourth-order valence-electron chi connectivity index (χ4n) is 3.05. The molecule has 0 unspecified atom stereocenters. The first-order valence-electron chi connectivity index (χ1n) is 8.93. The van der Waals surface area contributed by atoms with Crippen LogP contribution in [0.15, 0.2) is 46.3 Å². The molecule has 0 bridgehead atoms. The molecule has 1 aliphatic rings. The highest BCUT2D eigenvalue weighted by Crippen LogP contribution is 2.32. The van der Waals surface area contributed by atoms with Gasteiger partial charge in [0.1, 0.15) is 0 Å². The smallest absolute Gasteiger partial charge is 0.266 e.